The predicted octanol–water partition coefficient (Wildman–Crippen LogP) is 11.1. The fourth-order valence-corrected chi connectivity index (χ4v) is 10.0. The molecule has 3 unspecified atom stereocenters. The largest absolute Gasteiger partial charge is 0.497 e. The van der Waals surface area contributed by atoms with Crippen LogP contribution in [0.4, 0.5) is 22.1 Å². The molecule has 2 amide bonds. The molecular weight excluding hydrogens is 948 g/mol. The maximum atomic E-state index is 14.4. The molecule has 18 heteroatoms. The third-order valence-electron chi connectivity index (χ3n) is 11.6. The average molecular weight is 1010 g/mol. The second-order valence-corrected chi connectivity index (χ2v) is 18.5. The summed E-state index contributed by atoms with van der Waals surface area (Å²) in [6.07, 6.45) is -7.04. The molecule has 1 aliphatic heterocycles. The van der Waals surface area contributed by atoms with Crippen molar-refractivity contribution in [2.24, 2.45) is 0 Å². The van der Waals surface area contributed by atoms with Gasteiger partial charge in [0, 0.05) is 26.8 Å². The van der Waals surface area contributed by atoms with Gasteiger partial charge in [-0.25, -0.2) is 19.3 Å². The second kappa shape index (κ2) is 24.0. The van der Waals surface area contributed by atoms with Crippen LogP contribution in [-0.4, -0.2) is 87.9 Å². The van der Waals surface area contributed by atoms with Gasteiger partial charge in [-0.05, 0) is 92.9 Å². The molecule has 1 saturated heterocycles. The standard InChI is InChI=1S/C55H59N8O9P/c1-37(2)63(38(3)4)73(69-33-17-32-56)72-47-34-49(70-48(47)35-68-55(40-18-11-8-12-19-40,41-24-28-45(66-6)29-25-41)42-26-30-46(67-7)31-27-42)61-36-57-50-51(61)59-53(58-39(5)64)60-52(50)71-54(65)62(43-20-13-9-14-21-43)44-22-15-10-16-23-44/h8-16,18-31,36-38,47-49H,17,33-35H2,1-7H3,(H,58,59,60,64)/t47-,48+,49?,73?/m0/s1/i34D,35D,47D/t34-,35?,47+,48-,49?,73?/m1. The molecule has 0 radical (unpaired) electrons. The molecule has 1 fully saturated rings. The summed E-state index contributed by atoms with van der Waals surface area (Å²) >= 11 is 0. The summed E-state index contributed by atoms with van der Waals surface area (Å²) in [5.41, 5.74) is 1.05. The minimum Gasteiger partial charge on any atom is -0.497 e. The number of rotatable bonds is 21. The number of carbonyl (C=O) groups is 2. The quantitative estimate of drug-likeness (QED) is 0.0407. The van der Waals surface area contributed by atoms with E-state index in [9.17, 15) is 19.0 Å². The van der Waals surface area contributed by atoms with Crippen molar-refractivity contribution in [1.82, 2.24) is 24.2 Å². The van der Waals surface area contributed by atoms with Crippen molar-refractivity contribution in [3.05, 3.63) is 163 Å². The van der Waals surface area contributed by atoms with Crippen molar-refractivity contribution in [3.63, 3.8) is 0 Å². The highest BCUT2D eigenvalue weighted by Gasteiger charge is 2.45. The van der Waals surface area contributed by atoms with E-state index in [1.54, 1.807) is 87.0 Å². The Hall–Kier alpha value is -7.29. The molecule has 6 atom stereocenters. The molecule has 0 aliphatic carbocycles. The first kappa shape index (κ1) is 48.0. The van der Waals surface area contributed by atoms with E-state index >= 15 is 0 Å². The van der Waals surface area contributed by atoms with E-state index in [0.717, 1.165) is 0 Å². The van der Waals surface area contributed by atoms with Crippen LogP contribution >= 0.6 is 8.53 Å². The van der Waals surface area contributed by atoms with Gasteiger partial charge in [0.05, 0.1) is 66.4 Å². The highest BCUT2D eigenvalue weighted by molar-refractivity contribution is 7.44. The van der Waals surface area contributed by atoms with Crippen LogP contribution in [0.3, 0.4) is 0 Å². The van der Waals surface area contributed by atoms with Gasteiger partial charge in [-0.2, -0.15) is 15.2 Å². The van der Waals surface area contributed by atoms with Gasteiger partial charge in [-0.3, -0.25) is 14.7 Å². The fourth-order valence-electron chi connectivity index (χ4n) is 8.39. The summed E-state index contributed by atoms with van der Waals surface area (Å²) in [6, 6.07) is 43.1. The lowest BCUT2D eigenvalue weighted by Gasteiger charge is -2.39. The Bertz CT molecular complexity index is 3010. The first-order valence-electron chi connectivity index (χ1n) is 25.2. The number of hydrogen-bond donors (Lipinski definition) is 1. The lowest BCUT2D eigenvalue weighted by molar-refractivity contribution is -0.114. The van der Waals surface area contributed by atoms with Gasteiger partial charge >= 0.3 is 6.09 Å². The Morgan fingerprint density at radius 3 is 1.93 bits per heavy atom. The number of imidazole rings is 1. The van der Waals surface area contributed by atoms with E-state index in [2.05, 4.69) is 26.3 Å². The minimum absolute atomic E-state index is 0.0102. The van der Waals surface area contributed by atoms with Gasteiger partial charge in [-0.15, -0.1) is 0 Å². The van der Waals surface area contributed by atoms with Crippen molar-refractivity contribution in [3.8, 4) is 23.4 Å². The monoisotopic (exact) mass is 1010 g/mol. The Morgan fingerprint density at radius 2 is 1.41 bits per heavy atom. The maximum Gasteiger partial charge on any atom is 0.425 e. The number of aromatic nitrogens is 4. The molecule has 7 aromatic rings. The van der Waals surface area contributed by atoms with Crippen molar-refractivity contribution in [2.45, 2.75) is 83.5 Å². The zero-order chi connectivity index (χ0) is 54.1. The van der Waals surface area contributed by atoms with E-state index in [0.29, 0.717) is 39.6 Å². The third-order valence-corrected chi connectivity index (χ3v) is 13.7. The van der Waals surface area contributed by atoms with E-state index in [1.165, 1.54) is 22.7 Å². The molecule has 17 nitrogen and oxygen atoms in total. The zero-order valence-electron chi connectivity index (χ0n) is 44.5. The zero-order valence-corrected chi connectivity index (χ0v) is 42.4. The summed E-state index contributed by atoms with van der Waals surface area (Å²) in [6.45, 7) is 7.13. The number of benzene rings is 5. The molecule has 2 aromatic heterocycles. The van der Waals surface area contributed by atoms with Crippen molar-refractivity contribution in [1.29, 1.82) is 5.26 Å². The number of hydrogen-bond acceptors (Lipinski definition) is 14. The number of para-hydroxylation sites is 2. The predicted molar refractivity (Wildman–Crippen MR) is 278 cm³/mol. The van der Waals surface area contributed by atoms with Crippen molar-refractivity contribution < 1.29 is 46.4 Å². The minimum atomic E-state index is -2.50. The number of methoxy groups -OCH3 is 2. The third kappa shape index (κ3) is 11.8. The first-order valence-corrected chi connectivity index (χ1v) is 24.7. The van der Waals surface area contributed by atoms with Gasteiger partial charge in [-0.1, -0.05) is 91.0 Å². The number of anilines is 3. The Labute approximate surface area is 430 Å². The molecule has 378 valence electrons. The van der Waals surface area contributed by atoms with Gasteiger partial charge < -0.3 is 32.7 Å². The number of ether oxygens (including phenoxy) is 5. The topological polar surface area (TPSA) is 185 Å². The van der Waals surface area contributed by atoms with Crippen LogP contribution in [0.2, 0.25) is 0 Å². The summed E-state index contributed by atoms with van der Waals surface area (Å²) < 4.78 is 78.5. The maximum absolute atomic E-state index is 14.4. The fraction of sp³-hybridized carbons (Fsp3) is 0.309. The van der Waals surface area contributed by atoms with Crippen LogP contribution in [0.15, 0.2) is 146 Å². The highest BCUT2D eigenvalue weighted by Crippen LogP contribution is 2.51. The van der Waals surface area contributed by atoms with E-state index in [-0.39, 0.29) is 48.1 Å². The Balaban J connectivity index is 1.28. The molecule has 0 bridgehead atoms. The lowest BCUT2D eigenvalue weighted by Crippen LogP contribution is -2.39. The van der Waals surface area contributed by atoms with Crippen LogP contribution in [0.5, 0.6) is 17.4 Å². The van der Waals surface area contributed by atoms with E-state index in [1.807, 2.05) is 99.1 Å². The van der Waals surface area contributed by atoms with E-state index in [4.69, 9.17) is 32.7 Å². The Morgan fingerprint density at radius 1 is 0.863 bits per heavy atom. The number of nitriles is 1. The number of nitrogens with zero attached hydrogens (tertiary/aromatic N) is 7. The smallest absolute Gasteiger partial charge is 0.425 e. The summed E-state index contributed by atoms with van der Waals surface area (Å²) in [5, 5.41) is 12.2. The van der Waals surface area contributed by atoms with Crippen LogP contribution in [-0.2, 0) is 28.9 Å². The average Bonchev–Trinajstić information content (AvgIpc) is 3.96. The second-order valence-electron chi connectivity index (χ2n) is 17.1. The van der Waals surface area contributed by atoms with Crippen LogP contribution in [0.1, 0.15) is 74.5 Å². The van der Waals surface area contributed by atoms with E-state index < -0.39 is 57.5 Å². The number of amides is 2. The highest BCUT2D eigenvalue weighted by atomic mass is 31.2. The van der Waals surface area contributed by atoms with Gasteiger partial charge in [0.25, 0.3) is 14.4 Å². The van der Waals surface area contributed by atoms with Crippen LogP contribution < -0.4 is 24.4 Å². The molecule has 3 heterocycles. The number of nitrogens with one attached hydrogen (secondary N) is 1. The molecular formula is C55H59N8O9P. The van der Waals surface area contributed by atoms with Gasteiger partial charge in [0.1, 0.15) is 29.4 Å². The summed E-state index contributed by atoms with van der Waals surface area (Å²) in [5.74, 6) is -0.00349. The molecule has 8 rings (SSSR count). The van der Waals surface area contributed by atoms with Crippen LogP contribution in [0, 0.1) is 11.3 Å². The van der Waals surface area contributed by atoms with Crippen molar-refractivity contribution in [2.75, 3.05) is 37.6 Å². The Kier molecular flexibility index (Phi) is 15.8. The van der Waals surface area contributed by atoms with Gasteiger partial charge in [0.15, 0.2) is 11.2 Å². The SMILES string of the molecule is [2H]C(OC(c1ccccc1)(c1ccc(OC)cc1)c1ccc(OC)cc1)[C@H]1OC(n2cnc3c(OC(=O)N(c4ccccc4)c4ccccc4)nc(NC(C)=O)nc32)[C@H]([2H])[C@]1([2H])OP(OCCC#N)N(C(C)C)C(C)C. The van der Waals surface area contributed by atoms with Gasteiger partial charge in [0.2, 0.25) is 11.9 Å². The summed E-state index contributed by atoms with van der Waals surface area (Å²) in [4.78, 5) is 42.0. The summed E-state index contributed by atoms with van der Waals surface area (Å²) in [7, 11) is 0.876. The molecule has 5 aromatic carbocycles. The van der Waals surface area contributed by atoms with Crippen LogP contribution in [0.25, 0.3) is 11.2 Å². The molecule has 1 N–H and O–H groups in total. The molecule has 73 heavy (non-hydrogen) atoms. The molecule has 0 spiro atoms. The normalized spacial score (nSPS) is 19.1. The molecule has 1 aliphatic rings. The number of carbonyl (C=O) groups excluding carboxylic acids is 2. The molecule has 0 saturated carbocycles. The van der Waals surface area contributed by atoms with Crippen molar-refractivity contribution >= 4 is 49.0 Å². The lowest BCUT2D eigenvalue weighted by atomic mass is 9.80. The number of fused-ring (bicyclic) bond motifs is 1. The first-order chi connectivity index (χ1) is 36.6.